The van der Waals surface area contributed by atoms with E-state index in [0.29, 0.717) is 13.2 Å². The van der Waals surface area contributed by atoms with E-state index in [-0.39, 0.29) is 22.8 Å². The first-order valence-corrected chi connectivity index (χ1v) is 19.6. The Hall–Kier alpha value is -3.46. The van der Waals surface area contributed by atoms with Gasteiger partial charge in [0.1, 0.15) is 5.75 Å². The summed E-state index contributed by atoms with van der Waals surface area (Å²) < 4.78 is 24.9. The fraction of sp³-hybridized carbons (Fsp3) is 0.487. The lowest BCUT2D eigenvalue weighted by molar-refractivity contribution is -0.139. The molecule has 0 aromatic heterocycles. The lowest BCUT2D eigenvalue weighted by Crippen LogP contribution is -2.55. The number of carbonyl (C=O) groups is 2. The van der Waals surface area contributed by atoms with Gasteiger partial charge in [0.15, 0.2) is 13.9 Å². The summed E-state index contributed by atoms with van der Waals surface area (Å²) >= 11 is 0. The van der Waals surface area contributed by atoms with E-state index in [0.717, 1.165) is 22.4 Å². The van der Waals surface area contributed by atoms with Crippen LogP contribution in [0.5, 0.6) is 5.75 Å². The number of benzene rings is 3. The quantitative estimate of drug-likeness (QED) is 0.171. The van der Waals surface area contributed by atoms with Crippen LogP contribution in [0, 0.1) is 17.8 Å². The van der Waals surface area contributed by atoms with Crippen LogP contribution in [0.1, 0.15) is 65.2 Å². The molecular weight excluding hydrogens is 607 g/mol. The monoisotopic (exact) mass is 659 g/mol. The van der Waals surface area contributed by atoms with E-state index < -0.39 is 38.1 Å². The zero-order valence-electron chi connectivity index (χ0n) is 29.8. The van der Waals surface area contributed by atoms with Crippen LogP contribution < -0.4 is 4.74 Å². The molecule has 4 atom stereocenters. The van der Waals surface area contributed by atoms with E-state index in [1.54, 1.807) is 7.11 Å². The van der Waals surface area contributed by atoms with Crippen LogP contribution in [-0.2, 0) is 30.9 Å². The van der Waals surface area contributed by atoms with E-state index in [1.165, 1.54) is 4.90 Å². The van der Waals surface area contributed by atoms with Gasteiger partial charge in [-0.15, -0.1) is 0 Å². The van der Waals surface area contributed by atoms with Crippen molar-refractivity contribution < 1.29 is 28.2 Å². The van der Waals surface area contributed by atoms with Crippen molar-refractivity contribution in [3.63, 3.8) is 0 Å². The average molecular weight is 660 g/mol. The molecule has 4 rings (SSSR count). The Morgan fingerprint density at radius 1 is 0.894 bits per heavy atom. The summed E-state index contributed by atoms with van der Waals surface area (Å²) in [4.78, 5) is 30.2. The molecule has 0 aliphatic carbocycles. The number of ether oxygens (including phenoxy) is 3. The molecule has 254 valence electrons. The number of rotatable bonds is 13. The van der Waals surface area contributed by atoms with Crippen molar-refractivity contribution in [3.05, 3.63) is 102 Å². The summed E-state index contributed by atoms with van der Waals surface area (Å²) in [5, 5.41) is -0.0828. The van der Waals surface area contributed by atoms with Gasteiger partial charge in [-0.05, 0) is 41.7 Å². The molecular formula is C39H53NO6Si. The third-order valence-electron chi connectivity index (χ3n) is 9.90. The number of methoxy groups -OCH3 is 1. The van der Waals surface area contributed by atoms with Gasteiger partial charge < -0.3 is 18.6 Å². The van der Waals surface area contributed by atoms with Crippen molar-refractivity contribution in [3.8, 4) is 5.75 Å². The van der Waals surface area contributed by atoms with Crippen LogP contribution in [0.25, 0.3) is 0 Å². The lowest BCUT2D eigenvalue weighted by atomic mass is 9.75. The van der Waals surface area contributed by atoms with Crippen LogP contribution in [-0.4, -0.2) is 51.1 Å². The number of hydrogen-bond donors (Lipinski definition) is 0. The van der Waals surface area contributed by atoms with Gasteiger partial charge in [-0.1, -0.05) is 121 Å². The lowest BCUT2D eigenvalue weighted by Gasteiger charge is -2.43. The minimum atomic E-state index is -2.34. The predicted octanol–water partition coefficient (Wildman–Crippen LogP) is 8.82. The van der Waals surface area contributed by atoms with E-state index in [2.05, 4.69) is 40.8 Å². The zero-order valence-corrected chi connectivity index (χ0v) is 30.8. The Bertz CT molecular complexity index is 1430. The standard InChI is InChI=1S/C39H53NO6Si/c1-27(2)35-39(31-17-13-11-14-18-31,32-19-15-12-16-20-32)45-37(42)40(35)36(41)29(4)34(46-47(9,10)38(5,6)7)28(3)25-44-26-30-21-23-33(43-8)24-22-30/h11-24,27-29,34-35H,25-26H2,1-10H3/t28-,29+,34-,35+/m0/s1. The molecule has 1 fully saturated rings. The minimum Gasteiger partial charge on any atom is -0.497 e. The Morgan fingerprint density at radius 2 is 1.43 bits per heavy atom. The van der Waals surface area contributed by atoms with E-state index in [4.69, 9.17) is 18.6 Å². The molecule has 7 nitrogen and oxygen atoms in total. The highest BCUT2D eigenvalue weighted by Crippen LogP contribution is 2.48. The van der Waals surface area contributed by atoms with Gasteiger partial charge in [0, 0.05) is 17.0 Å². The fourth-order valence-electron chi connectivity index (χ4n) is 6.30. The van der Waals surface area contributed by atoms with Crippen molar-refractivity contribution in [2.45, 2.75) is 91.0 Å². The second-order valence-corrected chi connectivity index (χ2v) is 19.5. The Labute approximate surface area is 282 Å². The summed E-state index contributed by atoms with van der Waals surface area (Å²) in [6.07, 6.45) is -1.12. The highest BCUT2D eigenvalue weighted by atomic mass is 28.4. The third-order valence-corrected chi connectivity index (χ3v) is 14.4. The van der Waals surface area contributed by atoms with Crippen LogP contribution in [0.2, 0.25) is 18.1 Å². The number of cyclic esters (lactones) is 1. The number of hydrogen-bond acceptors (Lipinski definition) is 6. The van der Waals surface area contributed by atoms with Crippen molar-refractivity contribution >= 4 is 20.3 Å². The summed E-state index contributed by atoms with van der Waals surface area (Å²) in [5.41, 5.74) is 1.53. The molecule has 0 unspecified atom stereocenters. The van der Waals surface area contributed by atoms with Crippen molar-refractivity contribution in [2.24, 2.45) is 17.8 Å². The maximum absolute atomic E-state index is 14.8. The molecule has 1 aliphatic rings. The minimum absolute atomic E-state index is 0.0828. The predicted molar refractivity (Wildman–Crippen MR) is 189 cm³/mol. The molecule has 1 heterocycles. The molecule has 1 aliphatic heterocycles. The van der Waals surface area contributed by atoms with Crippen molar-refractivity contribution in [1.82, 2.24) is 4.90 Å². The summed E-state index contributed by atoms with van der Waals surface area (Å²) in [7, 11) is -0.693. The van der Waals surface area contributed by atoms with Crippen molar-refractivity contribution in [1.29, 1.82) is 0 Å². The molecule has 0 spiro atoms. The Balaban J connectivity index is 1.68. The topological polar surface area (TPSA) is 74.3 Å². The van der Waals surface area contributed by atoms with Gasteiger partial charge in [-0.25, -0.2) is 9.69 Å². The number of amides is 2. The Morgan fingerprint density at radius 3 is 1.89 bits per heavy atom. The van der Waals surface area contributed by atoms with E-state index in [1.807, 2.05) is 106 Å². The molecule has 3 aromatic carbocycles. The highest BCUT2D eigenvalue weighted by molar-refractivity contribution is 6.74. The summed E-state index contributed by atoms with van der Waals surface area (Å²) in [6.45, 7) is 19.8. The summed E-state index contributed by atoms with van der Waals surface area (Å²) in [6, 6.07) is 26.7. The van der Waals surface area contributed by atoms with E-state index in [9.17, 15) is 9.59 Å². The average Bonchev–Trinajstić information content (AvgIpc) is 3.37. The van der Waals surface area contributed by atoms with Crippen molar-refractivity contribution in [2.75, 3.05) is 13.7 Å². The normalized spacial score (nSPS) is 18.5. The van der Waals surface area contributed by atoms with Gasteiger partial charge in [0.2, 0.25) is 5.91 Å². The van der Waals surface area contributed by atoms with E-state index >= 15 is 0 Å². The third kappa shape index (κ3) is 7.66. The van der Waals surface area contributed by atoms with Crippen LogP contribution in [0.15, 0.2) is 84.9 Å². The molecule has 2 amide bonds. The largest absolute Gasteiger partial charge is 0.497 e. The molecule has 0 saturated carbocycles. The second kappa shape index (κ2) is 14.8. The Kier molecular flexibility index (Phi) is 11.4. The molecule has 1 saturated heterocycles. The molecule has 47 heavy (non-hydrogen) atoms. The molecule has 0 N–H and O–H groups in total. The molecule has 0 radical (unpaired) electrons. The van der Waals surface area contributed by atoms with Gasteiger partial charge in [0.25, 0.3) is 0 Å². The van der Waals surface area contributed by atoms with Crippen LogP contribution in [0.4, 0.5) is 4.79 Å². The number of imide groups is 1. The maximum Gasteiger partial charge on any atom is 0.418 e. The maximum atomic E-state index is 14.8. The number of carbonyl (C=O) groups excluding carboxylic acids is 2. The first-order chi connectivity index (χ1) is 22.1. The van der Waals surface area contributed by atoms with Crippen LogP contribution >= 0.6 is 0 Å². The molecule has 3 aromatic rings. The second-order valence-electron chi connectivity index (χ2n) is 14.7. The highest BCUT2D eigenvalue weighted by Gasteiger charge is 2.60. The first kappa shape index (κ1) is 36.4. The van der Waals surface area contributed by atoms with Gasteiger partial charge in [-0.3, -0.25) is 4.79 Å². The van der Waals surface area contributed by atoms with Gasteiger partial charge in [-0.2, -0.15) is 0 Å². The number of nitrogens with zero attached hydrogens (tertiary/aromatic N) is 1. The zero-order chi connectivity index (χ0) is 34.6. The van der Waals surface area contributed by atoms with Gasteiger partial charge in [0.05, 0.1) is 38.4 Å². The first-order valence-electron chi connectivity index (χ1n) is 16.7. The van der Waals surface area contributed by atoms with Crippen LogP contribution in [0.3, 0.4) is 0 Å². The summed E-state index contributed by atoms with van der Waals surface area (Å²) in [5.74, 6) is -0.387. The molecule has 0 bridgehead atoms. The fourth-order valence-corrected chi connectivity index (χ4v) is 7.77. The molecule has 8 heteroatoms. The smallest absolute Gasteiger partial charge is 0.418 e. The SMILES string of the molecule is COc1ccc(COC[C@H](C)[C@H](O[Si](C)(C)C(C)(C)C)[C@@H](C)C(=O)N2C(=O)OC(c3ccccc3)(c3ccccc3)[C@H]2C(C)C)cc1. The van der Waals surface area contributed by atoms with Gasteiger partial charge >= 0.3 is 6.09 Å².